The summed E-state index contributed by atoms with van der Waals surface area (Å²) in [7, 11) is 0. The van der Waals surface area contributed by atoms with Crippen LogP contribution in [0.1, 0.15) is 11.1 Å². The lowest BCUT2D eigenvalue weighted by Crippen LogP contribution is -2.05. The van der Waals surface area contributed by atoms with Gasteiger partial charge in [0.1, 0.15) is 6.61 Å². The van der Waals surface area contributed by atoms with Gasteiger partial charge in [-0.15, -0.1) is 0 Å². The van der Waals surface area contributed by atoms with Crippen molar-refractivity contribution in [1.82, 2.24) is 0 Å². The number of hydrogen-bond donors (Lipinski definition) is 1. The van der Waals surface area contributed by atoms with E-state index in [1.807, 2.05) is 0 Å². The molecule has 7 heteroatoms. The Balaban J connectivity index is 2.10. The van der Waals surface area contributed by atoms with Gasteiger partial charge in [-0.25, -0.2) is 0 Å². The van der Waals surface area contributed by atoms with E-state index >= 15 is 0 Å². The van der Waals surface area contributed by atoms with E-state index in [1.165, 1.54) is 18.2 Å². The summed E-state index contributed by atoms with van der Waals surface area (Å²) in [6.45, 7) is 0.0998. The Hall–Kier alpha value is -1.40. The average Bonchev–Trinajstić information content (AvgIpc) is 2.37. The molecule has 0 aliphatic carbocycles. The normalized spacial score (nSPS) is 11.5. The lowest BCUT2D eigenvalue weighted by atomic mass is 10.1. The first-order chi connectivity index (χ1) is 9.77. The molecule has 2 nitrogen and oxygen atoms in total. The molecule has 2 rings (SSSR count). The van der Waals surface area contributed by atoms with Crippen LogP contribution in [-0.2, 0) is 12.8 Å². The largest absolute Gasteiger partial charge is 0.486 e. The summed E-state index contributed by atoms with van der Waals surface area (Å²) in [4.78, 5) is 0. The molecule has 0 fully saturated rings. The molecule has 0 bridgehead atoms. The minimum atomic E-state index is -4.34. The fraction of sp³-hybridized carbons (Fsp3) is 0.143. The van der Waals surface area contributed by atoms with Crippen molar-refractivity contribution in [3.8, 4) is 5.75 Å². The molecule has 2 N–H and O–H groups in total. The van der Waals surface area contributed by atoms with Crippen LogP contribution >= 0.6 is 27.5 Å². The third-order valence-corrected chi connectivity index (χ3v) is 3.51. The lowest BCUT2D eigenvalue weighted by Gasteiger charge is -2.12. The SMILES string of the molecule is Nc1cc(Cl)cc(Br)c1OCc1ccc(C(F)(F)F)cc1. The van der Waals surface area contributed by atoms with Crippen molar-refractivity contribution in [2.75, 3.05) is 5.73 Å². The summed E-state index contributed by atoms with van der Waals surface area (Å²) in [5.74, 6) is 0.402. The predicted molar refractivity (Wildman–Crippen MR) is 79.3 cm³/mol. The van der Waals surface area contributed by atoms with Crippen molar-refractivity contribution in [2.24, 2.45) is 0 Å². The van der Waals surface area contributed by atoms with Crippen molar-refractivity contribution >= 4 is 33.2 Å². The van der Waals surface area contributed by atoms with E-state index in [0.717, 1.165) is 12.1 Å². The zero-order valence-corrected chi connectivity index (χ0v) is 12.9. The number of halogens is 5. The molecule has 2 aromatic carbocycles. The molecule has 0 unspecified atom stereocenters. The maximum atomic E-state index is 12.4. The molecule has 0 radical (unpaired) electrons. The topological polar surface area (TPSA) is 35.2 Å². The van der Waals surface area contributed by atoms with Crippen LogP contribution in [-0.4, -0.2) is 0 Å². The van der Waals surface area contributed by atoms with Gasteiger partial charge in [-0.3, -0.25) is 0 Å². The molecule has 0 aliphatic heterocycles. The van der Waals surface area contributed by atoms with Gasteiger partial charge in [-0.2, -0.15) is 13.2 Å². The molecule has 0 aliphatic rings. The van der Waals surface area contributed by atoms with E-state index in [-0.39, 0.29) is 6.61 Å². The number of nitrogen functional groups attached to an aromatic ring is 1. The number of nitrogens with two attached hydrogens (primary N) is 1. The fourth-order valence-electron chi connectivity index (χ4n) is 1.68. The number of anilines is 1. The van der Waals surface area contributed by atoms with Gasteiger partial charge in [0.15, 0.2) is 5.75 Å². The van der Waals surface area contributed by atoms with Crippen molar-refractivity contribution < 1.29 is 17.9 Å². The third-order valence-electron chi connectivity index (χ3n) is 2.70. The molecule has 0 atom stereocenters. The summed E-state index contributed by atoms with van der Waals surface area (Å²) >= 11 is 9.10. The first-order valence-electron chi connectivity index (χ1n) is 5.81. The first kappa shape index (κ1) is 16.0. The Labute approximate surface area is 132 Å². The fourth-order valence-corrected chi connectivity index (χ4v) is 2.63. The van der Waals surface area contributed by atoms with Crippen LogP contribution in [0.25, 0.3) is 0 Å². The second kappa shape index (κ2) is 6.15. The Kier molecular flexibility index (Phi) is 4.68. The maximum Gasteiger partial charge on any atom is 0.416 e. The summed E-state index contributed by atoms with van der Waals surface area (Å²) in [6, 6.07) is 7.91. The van der Waals surface area contributed by atoms with Crippen LogP contribution in [0.3, 0.4) is 0 Å². The molecule has 0 aromatic heterocycles. The van der Waals surface area contributed by atoms with E-state index in [2.05, 4.69) is 15.9 Å². The van der Waals surface area contributed by atoms with Crippen molar-refractivity contribution in [3.05, 3.63) is 57.0 Å². The van der Waals surface area contributed by atoms with E-state index in [4.69, 9.17) is 22.1 Å². The number of benzene rings is 2. The Bertz CT molecular complexity index is 621. The van der Waals surface area contributed by atoms with Gasteiger partial charge in [0.25, 0.3) is 0 Å². The summed E-state index contributed by atoms with van der Waals surface area (Å²) in [5.41, 5.74) is 6.03. The van der Waals surface area contributed by atoms with E-state index in [1.54, 1.807) is 6.07 Å². The zero-order chi connectivity index (χ0) is 15.6. The monoisotopic (exact) mass is 379 g/mol. The lowest BCUT2D eigenvalue weighted by molar-refractivity contribution is -0.137. The molecule has 0 spiro atoms. The highest BCUT2D eigenvalue weighted by Gasteiger charge is 2.29. The molecule has 112 valence electrons. The zero-order valence-electron chi connectivity index (χ0n) is 10.5. The van der Waals surface area contributed by atoms with Gasteiger partial charge >= 0.3 is 6.18 Å². The van der Waals surface area contributed by atoms with Gasteiger partial charge in [0.2, 0.25) is 0 Å². The van der Waals surface area contributed by atoms with Gasteiger partial charge in [-0.05, 0) is 45.8 Å². The summed E-state index contributed by atoms with van der Waals surface area (Å²) < 4.78 is 43.4. The molecule has 0 saturated heterocycles. The van der Waals surface area contributed by atoms with Crippen molar-refractivity contribution in [3.63, 3.8) is 0 Å². The summed E-state index contributed by atoms with van der Waals surface area (Å²) in [6.07, 6.45) is -4.34. The van der Waals surface area contributed by atoms with Crippen LogP contribution in [0.4, 0.5) is 18.9 Å². The number of alkyl halides is 3. The highest BCUT2D eigenvalue weighted by molar-refractivity contribution is 9.10. The number of hydrogen-bond acceptors (Lipinski definition) is 2. The highest BCUT2D eigenvalue weighted by atomic mass is 79.9. The first-order valence-corrected chi connectivity index (χ1v) is 6.98. The second-order valence-corrected chi connectivity index (χ2v) is 5.58. The van der Waals surface area contributed by atoms with Gasteiger partial charge in [0.05, 0.1) is 15.7 Å². The molecular weight excluding hydrogens is 371 g/mol. The minimum absolute atomic E-state index is 0.0998. The number of rotatable bonds is 3. The Morgan fingerprint density at radius 3 is 2.29 bits per heavy atom. The standard InChI is InChI=1S/C14H10BrClF3NO/c15-11-5-10(16)6-12(20)13(11)21-7-8-1-3-9(4-2-8)14(17,18)19/h1-6H,7,20H2. The van der Waals surface area contributed by atoms with Gasteiger partial charge in [-0.1, -0.05) is 23.7 Å². The second-order valence-electron chi connectivity index (χ2n) is 4.29. The molecular formula is C14H10BrClF3NO. The quantitative estimate of drug-likeness (QED) is 0.735. The maximum absolute atomic E-state index is 12.4. The summed E-state index contributed by atoms with van der Waals surface area (Å²) in [5, 5.41) is 0.459. The van der Waals surface area contributed by atoms with Crippen molar-refractivity contribution in [1.29, 1.82) is 0 Å². The average molecular weight is 381 g/mol. The van der Waals surface area contributed by atoms with Crippen LogP contribution in [0.2, 0.25) is 5.02 Å². The third kappa shape index (κ3) is 4.04. The van der Waals surface area contributed by atoms with Crippen molar-refractivity contribution in [2.45, 2.75) is 12.8 Å². The van der Waals surface area contributed by atoms with Gasteiger partial charge in [0, 0.05) is 5.02 Å². The smallest absolute Gasteiger partial charge is 0.416 e. The minimum Gasteiger partial charge on any atom is -0.486 e. The van der Waals surface area contributed by atoms with Crippen LogP contribution < -0.4 is 10.5 Å². The molecule has 21 heavy (non-hydrogen) atoms. The molecule has 0 saturated carbocycles. The number of ether oxygens (including phenoxy) is 1. The molecule has 0 amide bonds. The van der Waals surface area contributed by atoms with E-state index in [9.17, 15) is 13.2 Å². The van der Waals surface area contributed by atoms with Crippen LogP contribution in [0.5, 0.6) is 5.75 Å². The van der Waals surface area contributed by atoms with Crippen LogP contribution in [0.15, 0.2) is 40.9 Å². The van der Waals surface area contributed by atoms with E-state index in [0.29, 0.717) is 26.5 Å². The molecule has 0 heterocycles. The van der Waals surface area contributed by atoms with E-state index < -0.39 is 11.7 Å². The van der Waals surface area contributed by atoms with Crippen LogP contribution in [0, 0.1) is 0 Å². The molecule has 2 aromatic rings. The van der Waals surface area contributed by atoms with Gasteiger partial charge < -0.3 is 10.5 Å². The predicted octanol–water partition coefficient (Wildman–Crippen LogP) is 5.28. The Morgan fingerprint density at radius 1 is 1.14 bits per heavy atom. The highest BCUT2D eigenvalue weighted by Crippen LogP contribution is 2.35. The Morgan fingerprint density at radius 2 is 1.76 bits per heavy atom.